The molecule has 0 radical (unpaired) electrons. The summed E-state index contributed by atoms with van der Waals surface area (Å²) in [5.41, 5.74) is 0. The number of rotatable bonds is 5. The smallest absolute Gasteiger partial charge is 0.310 e. The minimum absolute atomic E-state index is 0.148. The van der Waals surface area contributed by atoms with Gasteiger partial charge in [0.05, 0.1) is 19.6 Å². The maximum absolute atomic E-state index is 10.7. The van der Waals surface area contributed by atoms with Crippen LogP contribution in [0.5, 0.6) is 0 Å². The van der Waals surface area contributed by atoms with Crippen LogP contribution in [0, 0.1) is 5.92 Å². The fourth-order valence-electron chi connectivity index (χ4n) is 0.564. The Morgan fingerprint density at radius 1 is 1.47 bits per heavy atom. The Kier molecular flexibility index (Phi) is 12.0. The molecule has 0 saturated heterocycles. The Labute approximate surface area is 91.3 Å². The first-order valence-electron chi connectivity index (χ1n) is 4.76. The van der Waals surface area contributed by atoms with Gasteiger partial charge in [0.1, 0.15) is 0 Å². The highest BCUT2D eigenvalue weighted by Gasteiger charge is 2.11. The number of hydrogen-bond acceptors (Lipinski definition) is 4. The highest BCUT2D eigenvalue weighted by atomic mass is 16.5. The molecule has 1 unspecified atom stereocenters. The van der Waals surface area contributed by atoms with Crippen molar-refractivity contribution in [3.8, 4) is 0 Å². The van der Waals surface area contributed by atoms with Crippen molar-refractivity contribution in [2.75, 3.05) is 34.4 Å². The van der Waals surface area contributed by atoms with E-state index in [1.165, 1.54) is 12.0 Å². The van der Waals surface area contributed by atoms with E-state index >= 15 is 0 Å². The lowest BCUT2D eigenvalue weighted by molar-refractivity contribution is -0.146. The molecular formula is C10H21NO4. The topological polar surface area (TPSA) is 55.8 Å². The number of carbonyl (C=O) groups is 2. The normalized spacial score (nSPS) is 10.7. The van der Waals surface area contributed by atoms with Crippen LogP contribution >= 0.6 is 0 Å². The monoisotopic (exact) mass is 219 g/mol. The second-order valence-corrected chi connectivity index (χ2v) is 3.15. The molecule has 5 nitrogen and oxygen atoms in total. The van der Waals surface area contributed by atoms with Crippen LogP contribution in [0.25, 0.3) is 0 Å². The third kappa shape index (κ3) is 12.9. The zero-order chi connectivity index (χ0) is 12.3. The van der Waals surface area contributed by atoms with Gasteiger partial charge in [0.15, 0.2) is 0 Å². The molecule has 0 heterocycles. The Morgan fingerprint density at radius 2 is 1.93 bits per heavy atom. The summed E-state index contributed by atoms with van der Waals surface area (Å²) < 4.78 is 9.51. The molecule has 0 aliphatic heterocycles. The molecule has 5 heteroatoms. The van der Waals surface area contributed by atoms with Gasteiger partial charge in [-0.1, -0.05) is 0 Å². The second kappa shape index (κ2) is 11.0. The molecule has 0 aliphatic rings. The molecule has 0 fully saturated rings. The molecular weight excluding hydrogens is 198 g/mol. The van der Waals surface area contributed by atoms with Crippen molar-refractivity contribution in [1.82, 2.24) is 4.90 Å². The van der Waals surface area contributed by atoms with Gasteiger partial charge in [0.2, 0.25) is 6.41 Å². The van der Waals surface area contributed by atoms with Gasteiger partial charge in [0.25, 0.3) is 0 Å². The minimum atomic E-state index is -0.214. The van der Waals surface area contributed by atoms with Crippen LogP contribution in [0.2, 0.25) is 0 Å². The van der Waals surface area contributed by atoms with E-state index in [-0.39, 0.29) is 11.9 Å². The molecule has 0 rings (SSSR count). The predicted octanol–water partition coefficient (Wildman–Crippen LogP) is 0.536. The fourth-order valence-corrected chi connectivity index (χ4v) is 0.564. The van der Waals surface area contributed by atoms with Gasteiger partial charge in [-0.2, -0.15) is 0 Å². The molecule has 90 valence electrons. The molecule has 0 aromatic carbocycles. The van der Waals surface area contributed by atoms with Gasteiger partial charge in [-0.3, -0.25) is 9.59 Å². The maximum Gasteiger partial charge on any atom is 0.310 e. The van der Waals surface area contributed by atoms with Crippen molar-refractivity contribution >= 4 is 12.4 Å². The van der Waals surface area contributed by atoms with Crippen molar-refractivity contribution in [3.05, 3.63) is 0 Å². The van der Waals surface area contributed by atoms with E-state index in [9.17, 15) is 9.59 Å². The van der Waals surface area contributed by atoms with E-state index in [0.29, 0.717) is 13.2 Å². The van der Waals surface area contributed by atoms with Crippen LogP contribution in [0.4, 0.5) is 0 Å². The first-order valence-corrected chi connectivity index (χ1v) is 4.76. The highest BCUT2D eigenvalue weighted by Crippen LogP contribution is 1.97. The van der Waals surface area contributed by atoms with Crippen LogP contribution < -0.4 is 0 Å². The Morgan fingerprint density at radius 3 is 2.20 bits per heavy atom. The average molecular weight is 219 g/mol. The van der Waals surface area contributed by atoms with Gasteiger partial charge in [-0.25, -0.2) is 0 Å². The van der Waals surface area contributed by atoms with Crippen LogP contribution in [0.3, 0.4) is 0 Å². The molecule has 0 spiro atoms. The van der Waals surface area contributed by atoms with Gasteiger partial charge < -0.3 is 14.4 Å². The number of methoxy groups -OCH3 is 1. The van der Waals surface area contributed by atoms with Gasteiger partial charge in [-0.15, -0.1) is 0 Å². The van der Waals surface area contributed by atoms with Crippen molar-refractivity contribution in [1.29, 1.82) is 0 Å². The first kappa shape index (κ1) is 16.3. The third-order valence-corrected chi connectivity index (χ3v) is 1.39. The summed E-state index contributed by atoms with van der Waals surface area (Å²) in [4.78, 5) is 21.6. The average Bonchev–Trinajstić information content (AvgIpc) is 2.25. The summed E-state index contributed by atoms with van der Waals surface area (Å²) in [5.74, 6) is -0.363. The Balaban J connectivity index is 0. The Bertz CT molecular complexity index is 171. The Hall–Kier alpha value is -1.10. The number of ether oxygens (including phenoxy) is 2. The summed E-state index contributed by atoms with van der Waals surface area (Å²) in [5, 5.41) is 0. The molecule has 1 atom stereocenters. The van der Waals surface area contributed by atoms with Crippen LogP contribution in [0.15, 0.2) is 0 Å². The second-order valence-electron chi connectivity index (χ2n) is 3.15. The quantitative estimate of drug-likeness (QED) is 0.500. The molecule has 1 amide bonds. The van der Waals surface area contributed by atoms with Crippen molar-refractivity contribution in [2.45, 2.75) is 13.8 Å². The summed E-state index contributed by atoms with van der Waals surface area (Å²) >= 11 is 0. The summed E-state index contributed by atoms with van der Waals surface area (Å²) in [6.45, 7) is 4.76. The molecule has 15 heavy (non-hydrogen) atoms. The van der Waals surface area contributed by atoms with E-state index in [0.717, 1.165) is 6.41 Å². The summed E-state index contributed by atoms with van der Waals surface area (Å²) in [7, 11) is 4.75. The largest absolute Gasteiger partial charge is 0.469 e. The standard InChI is InChI=1S/C7H14O3.C3H7NO/c1-4-10-5-6(2)7(8)9-3;1-4(2)3-5/h6H,4-5H2,1-3H3;3H,1-2H3. The van der Waals surface area contributed by atoms with Crippen molar-refractivity contribution in [3.63, 3.8) is 0 Å². The number of amides is 1. The molecule has 0 aliphatic carbocycles. The van der Waals surface area contributed by atoms with E-state index in [4.69, 9.17) is 4.74 Å². The number of nitrogens with zero attached hydrogens (tertiary/aromatic N) is 1. The zero-order valence-electron chi connectivity index (χ0n) is 10.1. The lowest BCUT2D eigenvalue weighted by atomic mass is 10.2. The maximum atomic E-state index is 10.7. The minimum Gasteiger partial charge on any atom is -0.469 e. The van der Waals surface area contributed by atoms with E-state index in [1.54, 1.807) is 21.0 Å². The molecule has 0 aromatic heterocycles. The van der Waals surface area contributed by atoms with E-state index in [1.807, 2.05) is 6.92 Å². The molecule has 0 bridgehead atoms. The summed E-state index contributed by atoms with van der Waals surface area (Å²) in [6, 6.07) is 0. The first-order chi connectivity index (χ1) is 6.99. The number of carbonyl (C=O) groups excluding carboxylic acids is 2. The van der Waals surface area contributed by atoms with E-state index in [2.05, 4.69) is 4.74 Å². The van der Waals surface area contributed by atoms with Gasteiger partial charge in [0, 0.05) is 20.7 Å². The summed E-state index contributed by atoms with van der Waals surface area (Å²) in [6.07, 6.45) is 0.750. The van der Waals surface area contributed by atoms with Crippen molar-refractivity contribution in [2.24, 2.45) is 5.92 Å². The SMILES string of the molecule is CCOCC(C)C(=O)OC.CN(C)C=O. The van der Waals surface area contributed by atoms with E-state index < -0.39 is 0 Å². The molecule has 0 aromatic rings. The highest BCUT2D eigenvalue weighted by molar-refractivity contribution is 5.71. The van der Waals surface area contributed by atoms with Crippen LogP contribution in [-0.2, 0) is 19.1 Å². The number of esters is 1. The van der Waals surface area contributed by atoms with Crippen LogP contribution in [0.1, 0.15) is 13.8 Å². The zero-order valence-corrected chi connectivity index (χ0v) is 10.1. The lowest BCUT2D eigenvalue weighted by Gasteiger charge is -2.07. The predicted molar refractivity (Wildman–Crippen MR) is 57.4 cm³/mol. The molecule has 0 N–H and O–H groups in total. The lowest BCUT2D eigenvalue weighted by Crippen LogP contribution is -2.18. The number of hydrogen-bond donors (Lipinski definition) is 0. The van der Waals surface area contributed by atoms with Crippen LogP contribution in [-0.4, -0.2) is 51.7 Å². The molecule has 0 saturated carbocycles. The van der Waals surface area contributed by atoms with Gasteiger partial charge in [-0.05, 0) is 13.8 Å². The fraction of sp³-hybridized carbons (Fsp3) is 0.800. The van der Waals surface area contributed by atoms with Crippen molar-refractivity contribution < 1.29 is 19.1 Å². The van der Waals surface area contributed by atoms with Gasteiger partial charge >= 0.3 is 5.97 Å². The third-order valence-electron chi connectivity index (χ3n) is 1.39.